The lowest BCUT2D eigenvalue weighted by atomic mass is 9.95. The summed E-state index contributed by atoms with van der Waals surface area (Å²) in [4.78, 5) is 17.3. The molecule has 3 aromatic heterocycles. The lowest BCUT2D eigenvalue weighted by molar-refractivity contribution is 0.107. The van der Waals surface area contributed by atoms with Crippen molar-refractivity contribution in [1.29, 1.82) is 0 Å². The van der Waals surface area contributed by atoms with Gasteiger partial charge in [-0.05, 0) is 66.7 Å². The molecule has 204 valence electrons. The van der Waals surface area contributed by atoms with E-state index in [2.05, 4.69) is 35.7 Å². The molecule has 7 rings (SSSR count). The molecule has 4 fully saturated rings. The minimum absolute atomic E-state index is 0.235. The van der Waals surface area contributed by atoms with Crippen molar-refractivity contribution >= 4 is 38.2 Å². The minimum atomic E-state index is -0.784. The number of pyridine rings is 1. The molecule has 0 spiro atoms. The number of rotatable bonds is 8. The Morgan fingerprint density at radius 2 is 2.03 bits per heavy atom. The summed E-state index contributed by atoms with van der Waals surface area (Å²) in [6, 6.07) is 5.40. The van der Waals surface area contributed by atoms with E-state index >= 15 is 0 Å². The summed E-state index contributed by atoms with van der Waals surface area (Å²) in [5.74, 6) is 0.909. The number of piperazine rings is 1. The first-order valence-electron chi connectivity index (χ1n) is 13.9. The highest BCUT2D eigenvalue weighted by atomic mass is 79.9. The van der Waals surface area contributed by atoms with E-state index in [-0.39, 0.29) is 5.54 Å². The van der Waals surface area contributed by atoms with Gasteiger partial charge in [-0.1, -0.05) is 0 Å². The van der Waals surface area contributed by atoms with Gasteiger partial charge < -0.3 is 14.4 Å². The summed E-state index contributed by atoms with van der Waals surface area (Å²) >= 11 is 3.66. The standard InChI is InChI=1S/C27H35BrFN7O2/c1-37-11-3-10-35-19-4-5-20(35)16-33(15-19)25-24-21(12-23(28)36-22(24)6-8-30-36)31-26(32-25)38-17-27-7-2-9-34(27)14-18(29)13-27/h6,8,12,18-20H,2-5,7,9-11,13-17H2,1H3/t18-,19?,20?,27+/m1/s1. The second kappa shape index (κ2) is 9.83. The SMILES string of the molecule is COCCCN1C2CCC1CN(c1nc(OC[C@@]34CCCN3C[C@H](F)C4)nc3cc(Br)n4nccc4c13)C2. The molecule has 0 aliphatic carbocycles. The summed E-state index contributed by atoms with van der Waals surface area (Å²) in [6.45, 7) is 5.59. The zero-order chi connectivity index (χ0) is 25.9. The first kappa shape index (κ1) is 24.9. The summed E-state index contributed by atoms with van der Waals surface area (Å²) in [5.41, 5.74) is 1.57. The number of fused-ring (bicyclic) bond motifs is 6. The quantitative estimate of drug-likeness (QED) is 0.292. The summed E-state index contributed by atoms with van der Waals surface area (Å²) < 4.78 is 28.7. The molecular formula is C27H35BrFN7O2. The third-order valence-corrected chi connectivity index (χ3v) is 9.75. The molecule has 3 aromatic rings. The van der Waals surface area contributed by atoms with Gasteiger partial charge in [-0.2, -0.15) is 15.1 Å². The fourth-order valence-corrected chi connectivity index (χ4v) is 7.99. The van der Waals surface area contributed by atoms with Crippen LogP contribution in [0.15, 0.2) is 22.9 Å². The predicted molar refractivity (Wildman–Crippen MR) is 147 cm³/mol. The molecule has 0 aromatic carbocycles. The van der Waals surface area contributed by atoms with E-state index in [9.17, 15) is 4.39 Å². The fraction of sp³-hybridized carbons (Fsp3) is 0.667. The normalized spacial score (nSPS) is 29.7. The van der Waals surface area contributed by atoms with Crippen molar-refractivity contribution in [1.82, 2.24) is 29.4 Å². The number of nitrogens with zero attached hydrogens (tertiary/aromatic N) is 7. The zero-order valence-corrected chi connectivity index (χ0v) is 23.4. The van der Waals surface area contributed by atoms with Gasteiger partial charge >= 0.3 is 6.01 Å². The Balaban J connectivity index is 1.23. The van der Waals surface area contributed by atoms with Crippen molar-refractivity contribution in [2.45, 2.75) is 62.3 Å². The molecule has 9 nitrogen and oxygen atoms in total. The van der Waals surface area contributed by atoms with Crippen LogP contribution in [-0.4, -0.2) is 106 Å². The second-order valence-electron chi connectivity index (χ2n) is 11.4. The number of aromatic nitrogens is 4. The maximum absolute atomic E-state index is 14.3. The average molecular weight is 589 g/mol. The monoisotopic (exact) mass is 587 g/mol. The lowest BCUT2D eigenvalue weighted by Gasteiger charge is -2.42. The van der Waals surface area contributed by atoms with Crippen LogP contribution >= 0.6 is 15.9 Å². The molecule has 4 aliphatic heterocycles. The van der Waals surface area contributed by atoms with Gasteiger partial charge in [0.1, 0.15) is 23.2 Å². The number of methoxy groups -OCH3 is 1. The number of hydrogen-bond acceptors (Lipinski definition) is 8. The van der Waals surface area contributed by atoms with Crippen molar-refractivity contribution in [3.63, 3.8) is 0 Å². The smallest absolute Gasteiger partial charge is 0.319 e. The van der Waals surface area contributed by atoms with Gasteiger partial charge in [-0.15, -0.1) is 0 Å². The Labute approximate surface area is 230 Å². The number of anilines is 1. The van der Waals surface area contributed by atoms with Gasteiger partial charge in [0, 0.05) is 58.4 Å². The van der Waals surface area contributed by atoms with Gasteiger partial charge in [0.15, 0.2) is 0 Å². The zero-order valence-electron chi connectivity index (χ0n) is 21.9. The minimum Gasteiger partial charge on any atom is -0.461 e. The molecule has 2 bridgehead atoms. The van der Waals surface area contributed by atoms with Crippen molar-refractivity contribution in [2.24, 2.45) is 0 Å². The molecule has 0 saturated carbocycles. The second-order valence-corrected chi connectivity index (χ2v) is 12.2. The maximum atomic E-state index is 14.3. The molecule has 11 heteroatoms. The fourth-order valence-electron chi connectivity index (χ4n) is 7.49. The van der Waals surface area contributed by atoms with E-state index in [1.54, 1.807) is 7.11 Å². The van der Waals surface area contributed by atoms with E-state index in [4.69, 9.17) is 19.4 Å². The highest BCUT2D eigenvalue weighted by Crippen LogP contribution is 2.41. The molecular weight excluding hydrogens is 553 g/mol. The Morgan fingerprint density at radius 3 is 2.84 bits per heavy atom. The average Bonchev–Trinajstić information content (AvgIpc) is 3.65. The van der Waals surface area contributed by atoms with Gasteiger partial charge in [0.25, 0.3) is 0 Å². The van der Waals surface area contributed by atoms with Crippen LogP contribution in [-0.2, 0) is 4.74 Å². The van der Waals surface area contributed by atoms with E-state index in [0.717, 1.165) is 78.9 Å². The Bertz CT molecular complexity index is 1330. The number of halogens is 2. The van der Waals surface area contributed by atoms with Crippen LogP contribution in [0.25, 0.3) is 16.4 Å². The molecule has 0 amide bonds. The van der Waals surface area contributed by atoms with Crippen LogP contribution in [0.4, 0.5) is 10.2 Å². The summed E-state index contributed by atoms with van der Waals surface area (Å²) in [7, 11) is 1.77. The molecule has 0 N–H and O–H groups in total. The molecule has 4 saturated heterocycles. The van der Waals surface area contributed by atoms with Gasteiger partial charge in [-0.3, -0.25) is 9.80 Å². The van der Waals surface area contributed by atoms with Crippen molar-refractivity contribution < 1.29 is 13.9 Å². The van der Waals surface area contributed by atoms with E-state index in [1.165, 1.54) is 12.8 Å². The van der Waals surface area contributed by atoms with Crippen molar-refractivity contribution in [3.8, 4) is 6.01 Å². The Morgan fingerprint density at radius 1 is 1.18 bits per heavy atom. The van der Waals surface area contributed by atoms with Gasteiger partial charge in [-0.25, -0.2) is 8.91 Å². The summed E-state index contributed by atoms with van der Waals surface area (Å²) in [5, 5.41) is 5.50. The van der Waals surface area contributed by atoms with Crippen molar-refractivity contribution in [2.75, 3.05) is 57.9 Å². The maximum Gasteiger partial charge on any atom is 0.319 e. The molecule has 2 unspecified atom stereocenters. The molecule has 38 heavy (non-hydrogen) atoms. The topological polar surface area (TPSA) is 71.3 Å². The number of ether oxygens (including phenoxy) is 2. The molecule has 7 heterocycles. The first-order valence-corrected chi connectivity index (χ1v) is 14.7. The molecule has 4 aliphatic rings. The van der Waals surface area contributed by atoms with Gasteiger partial charge in [0.05, 0.1) is 28.2 Å². The number of hydrogen-bond donors (Lipinski definition) is 0. The largest absolute Gasteiger partial charge is 0.461 e. The van der Waals surface area contributed by atoms with Crippen LogP contribution in [0.3, 0.4) is 0 Å². The third kappa shape index (κ3) is 4.17. The van der Waals surface area contributed by atoms with Crippen LogP contribution in [0.2, 0.25) is 0 Å². The van der Waals surface area contributed by atoms with E-state index in [1.807, 2.05) is 22.8 Å². The molecule has 0 radical (unpaired) electrons. The van der Waals surface area contributed by atoms with Crippen LogP contribution in [0.1, 0.15) is 38.5 Å². The van der Waals surface area contributed by atoms with Crippen LogP contribution < -0.4 is 9.64 Å². The van der Waals surface area contributed by atoms with Crippen LogP contribution in [0, 0.1) is 0 Å². The first-order chi connectivity index (χ1) is 18.5. The van der Waals surface area contributed by atoms with Crippen LogP contribution in [0.5, 0.6) is 6.01 Å². The third-order valence-electron chi connectivity index (χ3n) is 9.18. The highest BCUT2D eigenvalue weighted by molar-refractivity contribution is 9.10. The molecule has 4 atom stereocenters. The van der Waals surface area contributed by atoms with Crippen molar-refractivity contribution in [3.05, 3.63) is 22.9 Å². The Hall–Kier alpha value is -2.08. The summed E-state index contributed by atoms with van der Waals surface area (Å²) in [6.07, 6.45) is 7.08. The van der Waals surface area contributed by atoms with E-state index in [0.29, 0.717) is 37.7 Å². The van der Waals surface area contributed by atoms with Gasteiger partial charge in [0.2, 0.25) is 0 Å². The lowest BCUT2D eigenvalue weighted by Crippen LogP contribution is -2.54. The van der Waals surface area contributed by atoms with E-state index < -0.39 is 6.17 Å². The number of alkyl halides is 1. The predicted octanol–water partition coefficient (Wildman–Crippen LogP) is 3.68. The highest BCUT2D eigenvalue weighted by Gasteiger charge is 2.49. The Kier molecular flexibility index (Phi) is 6.45.